The van der Waals surface area contributed by atoms with Crippen molar-refractivity contribution in [3.05, 3.63) is 46.8 Å². The second-order valence-electron chi connectivity index (χ2n) is 4.96. The SMILES string of the molecule is O=C(c1ccc(=O)n(CCF)n1)N1CC(Oc2cnccn2)C1. The molecule has 0 unspecified atom stereocenters. The van der Waals surface area contributed by atoms with Crippen LogP contribution in [0.1, 0.15) is 10.5 Å². The Kier molecular flexibility index (Phi) is 4.26. The van der Waals surface area contributed by atoms with Crippen LogP contribution >= 0.6 is 0 Å². The second kappa shape index (κ2) is 6.51. The molecule has 3 rings (SSSR count). The lowest BCUT2D eigenvalue weighted by atomic mass is 10.1. The molecule has 0 aromatic carbocycles. The van der Waals surface area contributed by atoms with Crippen LogP contribution in [0.4, 0.5) is 4.39 Å². The van der Waals surface area contributed by atoms with Gasteiger partial charge in [0.15, 0.2) is 0 Å². The molecule has 0 bridgehead atoms. The van der Waals surface area contributed by atoms with Gasteiger partial charge in [-0.15, -0.1) is 0 Å². The molecule has 120 valence electrons. The number of ether oxygens (including phenoxy) is 1. The highest BCUT2D eigenvalue weighted by Gasteiger charge is 2.34. The number of rotatable bonds is 5. The summed E-state index contributed by atoms with van der Waals surface area (Å²) < 4.78 is 18.9. The van der Waals surface area contributed by atoms with E-state index in [9.17, 15) is 14.0 Å². The Bertz CT molecular complexity index is 746. The van der Waals surface area contributed by atoms with Crippen molar-refractivity contribution in [2.24, 2.45) is 0 Å². The predicted octanol–water partition coefficient (Wildman–Crippen LogP) is -0.0938. The van der Waals surface area contributed by atoms with E-state index in [4.69, 9.17) is 4.74 Å². The number of nitrogens with zero attached hydrogens (tertiary/aromatic N) is 5. The van der Waals surface area contributed by atoms with Crippen molar-refractivity contribution in [3.8, 4) is 5.88 Å². The summed E-state index contributed by atoms with van der Waals surface area (Å²) in [5, 5.41) is 3.88. The molecule has 1 amide bonds. The van der Waals surface area contributed by atoms with Gasteiger partial charge in [-0.25, -0.2) is 14.1 Å². The predicted molar refractivity (Wildman–Crippen MR) is 76.8 cm³/mol. The lowest BCUT2D eigenvalue weighted by Crippen LogP contribution is -2.56. The standard InChI is InChI=1S/C14H14FN5O3/c15-3-6-20-13(21)2-1-11(18-20)14(22)19-8-10(9-19)23-12-7-16-4-5-17-12/h1-2,4-5,7,10H,3,6,8-9H2. The van der Waals surface area contributed by atoms with E-state index in [-0.39, 0.29) is 24.2 Å². The molecule has 0 saturated carbocycles. The summed E-state index contributed by atoms with van der Waals surface area (Å²) in [4.78, 5) is 33.2. The number of aryl methyl sites for hydroxylation is 1. The lowest BCUT2D eigenvalue weighted by molar-refractivity contribution is 0.0152. The van der Waals surface area contributed by atoms with E-state index in [1.807, 2.05) is 0 Å². The minimum Gasteiger partial charge on any atom is -0.469 e. The largest absolute Gasteiger partial charge is 0.469 e. The highest BCUT2D eigenvalue weighted by molar-refractivity contribution is 5.92. The van der Waals surface area contributed by atoms with Crippen molar-refractivity contribution in [1.29, 1.82) is 0 Å². The first-order chi connectivity index (χ1) is 11.2. The number of likely N-dealkylation sites (tertiary alicyclic amines) is 1. The zero-order valence-corrected chi connectivity index (χ0v) is 12.1. The molecule has 3 heterocycles. The molecule has 23 heavy (non-hydrogen) atoms. The molecule has 2 aromatic rings. The molecule has 9 heteroatoms. The number of alkyl halides is 1. The van der Waals surface area contributed by atoms with Gasteiger partial charge in [-0.1, -0.05) is 0 Å². The van der Waals surface area contributed by atoms with Gasteiger partial charge in [0.05, 0.1) is 25.8 Å². The average molecular weight is 319 g/mol. The maximum Gasteiger partial charge on any atom is 0.274 e. The second-order valence-corrected chi connectivity index (χ2v) is 4.96. The van der Waals surface area contributed by atoms with Crippen LogP contribution < -0.4 is 10.3 Å². The third kappa shape index (κ3) is 3.33. The van der Waals surface area contributed by atoms with Crippen LogP contribution in [-0.2, 0) is 6.54 Å². The Morgan fingerprint density at radius 1 is 1.35 bits per heavy atom. The van der Waals surface area contributed by atoms with Crippen molar-refractivity contribution in [2.45, 2.75) is 12.6 Å². The van der Waals surface area contributed by atoms with Crippen LogP contribution in [-0.4, -0.2) is 56.4 Å². The average Bonchev–Trinajstić information content (AvgIpc) is 2.53. The molecule has 1 saturated heterocycles. The molecule has 0 N–H and O–H groups in total. The molecule has 0 aliphatic carbocycles. The highest BCUT2D eigenvalue weighted by Crippen LogP contribution is 2.16. The van der Waals surface area contributed by atoms with Crippen molar-refractivity contribution >= 4 is 5.91 Å². The molecule has 0 radical (unpaired) electrons. The Hall–Kier alpha value is -2.84. The minimum absolute atomic E-state index is 0.107. The molecule has 0 atom stereocenters. The van der Waals surface area contributed by atoms with Crippen molar-refractivity contribution in [2.75, 3.05) is 19.8 Å². The lowest BCUT2D eigenvalue weighted by Gasteiger charge is -2.38. The topological polar surface area (TPSA) is 90.2 Å². The summed E-state index contributed by atoms with van der Waals surface area (Å²) in [5.41, 5.74) is -0.331. The summed E-state index contributed by atoms with van der Waals surface area (Å²) in [7, 11) is 0. The number of amides is 1. The summed E-state index contributed by atoms with van der Waals surface area (Å²) >= 11 is 0. The van der Waals surface area contributed by atoms with Gasteiger partial charge in [-0.3, -0.25) is 14.6 Å². The van der Waals surface area contributed by atoms with E-state index in [0.29, 0.717) is 19.0 Å². The van der Waals surface area contributed by atoms with E-state index in [2.05, 4.69) is 15.1 Å². The fourth-order valence-electron chi connectivity index (χ4n) is 2.16. The fourth-order valence-corrected chi connectivity index (χ4v) is 2.16. The minimum atomic E-state index is -0.720. The summed E-state index contributed by atoms with van der Waals surface area (Å²) in [6.45, 7) is -0.112. The third-order valence-corrected chi connectivity index (χ3v) is 3.34. The number of carbonyl (C=O) groups excluding carboxylic acids is 1. The molecule has 1 aliphatic rings. The quantitative estimate of drug-likeness (QED) is 0.765. The van der Waals surface area contributed by atoms with Crippen molar-refractivity contribution in [3.63, 3.8) is 0 Å². The van der Waals surface area contributed by atoms with E-state index >= 15 is 0 Å². The summed E-state index contributed by atoms with van der Waals surface area (Å²) in [6.07, 6.45) is 4.40. The van der Waals surface area contributed by atoms with E-state index in [0.717, 1.165) is 4.68 Å². The molecule has 0 spiro atoms. The van der Waals surface area contributed by atoms with Crippen LogP contribution in [0.2, 0.25) is 0 Å². The van der Waals surface area contributed by atoms with Crippen molar-refractivity contribution in [1.82, 2.24) is 24.6 Å². The van der Waals surface area contributed by atoms with Crippen LogP contribution in [0, 0.1) is 0 Å². The maximum atomic E-state index is 12.4. The molecular weight excluding hydrogens is 305 g/mol. The van der Waals surface area contributed by atoms with E-state index in [1.54, 1.807) is 6.20 Å². The van der Waals surface area contributed by atoms with Gasteiger partial charge in [-0.2, -0.15) is 5.10 Å². The van der Waals surface area contributed by atoms with E-state index < -0.39 is 12.2 Å². The molecular formula is C14H14FN5O3. The molecule has 1 fully saturated rings. The van der Waals surface area contributed by atoms with Gasteiger partial charge in [0, 0.05) is 18.5 Å². The Balaban J connectivity index is 1.60. The Morgan fingerprint density at radius 3 is 2.87 bits per heavy atom. The number of carbonyl (C=O) groups is 1. The Labute approximate surface area is 130 Å². The maximum absolute atomic E-state index is 12.4. The van der Waals surface area contributed by atoms with Crippen LogP contribution in [0.5, 0.6) is 5.88 Å². The molecule has 2 aromatic heterocycles. The zero-order chi connectivity index (χ0) is 16.2. The van der Waals surface area contributed by atoms with Gasteiger partial charge in [0.1, 0.15) is 18.5 Å². The van der Waals surface area contributed by atoms with E-state index in [1.165, 1.54) is 29.4 Å². The van der Waals surface area contributed by atoms with Crippen LogP contribution in [0.25, 0.3) is 0 Å². The van der Waals surface area contributed by atoms with Gasteiger partial charge in [0.25, 0.3) is 11.5 Å². The summed E-state index contributed by atoms with van der Waals surface area (Å²) in [6, 6.07) is 2.56. The van der Waals surface area contributed by atoms with Crippen LogP contribution in [0.15, 0.2) is 35.5 Å². The van der Waals surface area contributed by atoms with Crippen LogP contribution in [0.3, 0.4) is 0 Å². The van der Waals surface area contributed by atoms with Gasteiger partial charge in [0.2, 0.25) is 5.88 Å². The molecule has 1 aliphatic heterocycles. The summed E-state index contributed by atoms with van der Waals surface area (Å²) in [5.74, 6) is 0.0795. The Morgan fingerprint density at radius 2 is 2.17 bits per heavy atom. The normalized spacial score (nSPS) is 14.4. The zero-order valence-electron chi connectivity index (χ0n) is 12.1. The highest BCUT2D eigenvalue weighted by atomic mass is 19.1. The van der Waals surface area contributed by atoms with Crippen molar-refractivity contribution < 1.29 is 13.9 Å². The number of hydrogen-bond acceptors (Lipinski definition) is 6. The smallest absolute Gasteiger partial charge is 0.274 e. The first-order valence-corrected chi connectivity index (χ1v) is 7.03. The molecule has 8 nitrogen and oxygen atoms in total. The monoisotopic (exact) mass is 319 g/mol. The van der Waals surface area contributed by atoms with Gasteiger partial charge >= 0.3 is 0 Å². The number of halogens is 1. The first-order valence-electron chi connectivity index (χ1n) is 7.03. The number of aromatic nitrogens is 4. The van der Waals surface area contributed by atoms with Gasteiger partial charge in [-0.05, 0) is 6.07 Å². The number of hydrogen-bond donors (Lipinski definition) is 0. The van der Waals surface area contributed by atoms with Gasteiger partial charge < -0.3 is 9.64 Å². The first kappa shape index (κ1) is 15.1. The fraction of sp³-hybridized carbons (Fsp3) is 0.357. The third-order valence-electron chi connectivity index (χ3n) is 3.34.